The number of anilines is 1. The fraction of sp³-hybridized carbons (Fsp3) is 0.0833. The number of hydrogen-bond acceptors (Lipinski definition) is 4. The average molecular weight is 444 g/mol. The van der Waals surface area contributed by atoms with Gasteiger partial charge in [0.05, 0.1) is 22.8 Å². The summed E-state index contributed by atoms with van der Waals surface area (Å²) < 4.78 is 0. The third-order valence-electron chi connectivity index (χ3n) is 5.21. The first-order valence-corrected chi connectivity index (χ1v) is 10.7. The summed E-state index contributed by atoms with van der Waals surface area (Å²) in [6.07, 6.45) is 4.11. The maximum absolute atomic E-state index is 6.08. The molecule has 0 amide bonds. The molecule has 31 heavy (non-hydrogen) atoms. The van der Waals surface area contributed by atoms with Gasteiger partial charge in [0.25, 0.3) is 0 Å². The zero-order chi connectivity index (χ0) is 21.2. The third kappa shape index (κ3) is 4.00. The van der Waals surface area contributed by atoms with Gasteiger partial charge >= 0.3 is 0 Å². The van der Waals surface area contributed by atoms with Gasteiger partial charge in [-0.2, -0.15) is 5.10 Å². The zero-order valence-electron chi connectivity index (χ0n) is 16.4. The normalized spacial score (nSPS) is 15.7. The molecule has 1 atom stereocenters. The predicted molar refractivity (Wildman–Crippen MR) is 129 cm³/mol. The minimum atomic E-state index is -0.102. The number of nitrogens with one attached hydrogen (secondary N) is 1. The number of hydrogen-bond donors (Lipinski definition) is 1. The monoisotopic (exact) mass is 443 g/mol. The van der Waals surface area contributed by atoms with Crippen LogP contribution >= 0.6 is 23.8 Å². The van der Waals surface area contributed by atoms with Crippen molar-refractivity contribution < 1.29 is 0 Å². The molecule has 0 saturated heterocycles. The highest BCUT2D eigenvalue weighted by Crippen LogP contribution is 2.36. The summed E-state index contributed by atoms with van der Waals surface area (Å²) in [5, 5.41) is 11.3. The lowest BCUT2D eigenvalue weighted by molar-refractivity contribution is 0.377. The number of nitrogens with zero attached hydrogens (tertiary/aromatic N) is 4. The lowest BCUT2D eigenvalue weighted by atomic mass is 9.97. The van der Waals surface area contributed by atoms with E-state index < -0.39 is 0 Å². The Hall–Kier alpha value is -3.35. The lowest BCUT2D eigenvalue weighted by Gasteiger charge is -2.25. The van der Waals surface area contributed by atoms with Gasteiger partial charge in [0.1, 0.15) is 0 Å². The van der Waals surface area contributed by atoms with Crippen LogP contribution in [0.4, 0.5) is 5.69 Å². The van der Waals surface area contributed by atoms with Crippen LogP contribution in [-0.2, 0) is 0 Å². The SMILES string of the molecule is S=C(Nc1ccccc1)N1N=C(c2ccc(Cl)cc2)C[C@H]1c1cccc2nccnc12. The number of para-hydroxylation sites is 2. The number of aromatic nitrogens is 2. The van der Waals surface area contributed by atoms with E-state index in [0.717, 1.165) is 33.6 Å². The number of hydrazone groups is 1. The molecule has 0 bridgehead atoms. The van der Waals surface area contributed by atoms with Gasteiger partial charge in [-0.15, -0.1) is 0 Å². The molecule has 0 saturated carbocycles. The Morgan fingerprint density at radius 2 is 1.71 bits per heavy atom. The second-order valence-corrected chi connectivity index (χ2v) is 8.01. The van der Waals surface area contributed by atoms with E-state index >= 15 is 0 Å². The Morgan fingerprint density at radius 3 is 2.52 bits per heavy atom. The standard InChI is InChI=1S/C24H18ClN5S/c25-17-11-9-16(10-12-17)21-15-22(19-7-4-8-20-23(19)27-14-13-26-20)30(29-21)24(31)28-18-5-2-1-3-6-18/h1-14,22H,15H2,(H,28,31)/t22-/m0/s1. The van der Waals surface area contributed by atoms with E-state index in [1.54, 1.807) is 12.4 Å². The van der Waals surface area contributed by atoms with Crippen LogP contribution in [0, 0.1) is 0 Å². The average Bonchev–Trinajstić information content (AvgIpc) is 3.25. The smallest absolute Gasteiger partial charge is 0.194 e. The Kier molecular flexibility index (Phi) is 5.32. The first-order chi connectivity index (χ1) is 15.2. The summed E-state index contributed by atoms with van der Waals surface area (Å²) in [6.45, 7) is 0. The van der Waals surface area contributed by atoms with Crippen LogP contribution in [0.1, 0.15) is 23.6 Å². The van der Waals surface area contributed by atoms with Crippen LogP contribution in [0.2, 0.25) is 5.02 Å². The van der Waals surface area contributed by atoms with Crippen molar-refractivity contribution in [3.05, 3.63) is 101 Å². The molecule has 5 nitrogen and oxygen atoms in total. The van der Waals surface area contributed by atoms with Crippen LogP contribution in [-0.4, -0.2) is 25.8 Å². The van der Waals surface area contributed by atoms with Gasteiger partial charge in [-0.25, -0.2) is 5.01 Å². The van der Waals surface area contributed by atoms with Gasteiger partial charge in [-0.05, 0) is 48.1 Å². The molecule has 0 radical (unpaired) electrons. The number of halogens is 1. The van der Waals surface area contributed by atoms with Crippen LogP contribution in [0.15, 0.2) is 90.3 Å². The Morgan fingerprint density at radius 1 is 0.935 bits per heavy atom. The minimum Gasteiger partial charge on any atom is -0.331 e. The van der Waals surface area contributed by atoms with Crippen molar-refractivity contribution in [1.29, 1.82) is 0 Å². The molecule has 1 aliphatic heterocycles. The molecule has 1 aromatic heterocycles. The topological polar surface area (TPSA) is 53.4 Å². The highest BCUT2D eigenvalue weighted by atomic mass is 35.5. The Labute approximate surface area is 190 Å². The van der Waals surface area contributed by atoms with E-state index in [4.69, 9.17) is 28.9 Å². The molecule has 5 rings (SSSR count). The molecule has 152 valence electrons. The second-order valence-electron chi connectivity index (χ2n) is 7.19. The van der Waals surface area contributed by atoms with Crippen molar-refractivity contribution in [3.8, 4) is 0 Å². The summed E-state index contributed by atoms with van der Waals surface area (Å²) >= 11 is 11.9. The fourth-order valence-electron chi connectivity index (χ4n) is 3.74. The first kappa shape index (κ1) is 19.6. The summed E-state index contributed by atoms with van der Waals surface area (Å²) in [6, 6.07) is 23.5. The van der Waals surface area contributed by atoms with Gasteiger partial charge in [-0.3, -0.25) is 9.97 Å². The second kappa shape index (κ2) is 8.41. The van der Waals surface area contributed by atoms with Gasteiger partial charge < -0.3 is 5.32 Å². The quantitative estimate of drug-likeness (QED) is 0.403. The van der Waals surface area contributed by atoms with E-state index in [-0.39, 0.29) is 6.04 Å². The largest absolute Gasteiger partial charge is 0.331 e. The van der Waals surface area contributed by atoms with E-state index in [0.29, 0.717) is 16.6 Å². The van der Waals surface area contributed by atoms with Crippen molar-refractivity contribution in [2.45, 2.75) is 12.5 Å². The highest BCUT2D eigenvalue weighted by molar-refractivity contribution is 7.80. The molecule has 0 spiro atoms. The maximum Gasteiger partial charge on any atom is 0.194 e. The van der Waals surface area contributed by atoms with Crippen molar-refractivity contribution >= 4 is 51.4 Å². The summed E-state index contributed by atoms with van der Waals surface area (Å²) in [5.74, 6) is 0. The molecule has 1 aliphatic rings. The molecule has 1 N–H and O–H groups in total. The molecule has 0 aliphatic carbocycles. The number of rotatable bonds is 3. The highest BCUT2D eigenvalue weighted by Gasteiger charge is 2.33. The zero-order valence-corrected chi connectivity index (χ0v) is 18.0. The van der Waals surface area contributed by atoms with E-state index in [1.165, 1.54) is 0 Å². The van der Waals surface area contributed by atoms with E-state index in [9.17, 15) is 0 Å². The number of benzene rings is 3. The Bertz CT molecular complexity index is 1270. The van der Waals surface area contributed by atoms with E-state index in [2.05, 4.69) is 21.4 Å². The Balaban J connectivity index is 1.55. The molecule has 7 heteroatoms. The van der Waals surface area contributed by atoms with Gasteiger partial charge in [0.15, 0.2) is 5.11 Å². The van der Waals surface area contributed by atoms with Crippen molar-refractivity contribution in [3.63, 3.8) is 0 Å². The minimum absolute atomic E-state index is 0.102. The lowest BCUT2D eigenvalue weighted by Crippen LogP contribution is -2.31. The van der Waals surface area contributed by atoms with Gasteiger partial charge in [0, 0.05) is 35.1 Å². The molecule has 4 aromatic rings. The maximum atomic E-state index is 6.08. The molecular weight excluding hydrogens is 426 g/mol. The molecular formula is C24H18ClN5S. The van der Waals surface area contributed by atoms with Crippen molar-refractivity contribution in [2.75, 3.05) is 5.32 Å². The third-order valence-corrected chi connectivity index (χ3v) is 5.75. The fourth-order valence-corrected chi connectivity index (χ4v) is 4.15. The number of fused-ring (bicyclic) bond motifs is 1. The van der Waals surface area contributed by atoms with Crippen molar-refractivity contribution in [1.82, 2.24) is 15.0 Å². The van der Waals surface area contributed by atoms with Crippen LogP contribution in [0.25, 0.3) is 11.0 Å². The molecule has 0 fully saturated rings. The number of thiocarbonyl (C=S) groups is 1. The molecule has 2 heterocycles. The van der Waals surface area contributed by atoms with Gasteiger partial charge in [-0.1, -0.05) is 54.1 Å². The van der Waals surface area contributed by atoms with Crippen LogP contribution in [0.3, 0.4) is 0 Å². The van der Waals surface area contributed by atoms with Gasteiger partial charge in [0.2, 0.25) is 0 Å². The van der Waals surface area contributed by atoms with Crippen LogP contribution < -0.4 is 5.32 Å². The molecule has 3 aromatic carbocycles. The van der Waals surface area contributed by atoms with Crippen LogP contribution in [0.5, 0.6) is 0 Å². The van der Waals surface area contributed by atoms with E-state index in [1.807, 2.05) is 71.7 Å². The first-order valence-electron chi connectivity index (χ1n) is 9.87. The summed E-state index contributed by atoms with van der Waals surface area (Å²) in [4.78, 5) is 9.05. The summed E-state index contributed by atoms with van der Waals surface area (Å²) in [5.41, 5.74) is 5.62. The molecule has 0 unspecified atom stereocenters. The predicted octanol–water partition coefficient (Wildman–Crippen LogP) is 5.83. The van der Waals surface area contributed by atoms with Crippen molar-refractivity contribution in [2.24, 2.45) is 5.10 Å². The summed E-state index contributed by atoms with van der Waals surface area (Å²) in [7, 11) is 0.